The standard InChI is InChI=1S/C46H27N3/c1-2-11-30(12-3-1)45-38-27-33(23-24-39(38)47-46(48-45)32-21-20-28-10-4-5-13-31(28)26-32)49-40-19-9-18-37-35-16-7-6-15-34(35)36-17-8-14-29-22-25-41(49)44(42(29)36)43(37)40/h1-27H. The third kappa shape index (κ3) is 3.78. The van der Waals surface area contributed by atoms with E-state index in [0.29, 0.717) is 0 Å². The predicted octanol–water partition coefficient (Wildman–Crippen LogP) is 12.0. The van der Waals surface area contributed by atoms with Gasteiger partial charge >= 0.3 is 0 Å². The van der Waals surface area contributed by atoms with Gasteiger partial charge in [0.15, 0.2) is 5.82 Å². The van der Waals surface area contributed by atoms with Gasteiger partial charge in [0.05, 0.1) is 22.2 Å². The van der Waals surface area contributed by atoms with E-state index in [-0.39, 0.29) is 0 Å². The molecule has 0 saturated heterocycles. The number of aromatic nitrogens is 3. The fourth-order valence-corrected chi connectivity index (χ4v) is 8.14. The van der Waals surface area contributed by atoms with Crippen LogP contribution in [0.3, 0.4) is 0 Å². The van der Waals surface area contributed by atoms with E-state index in [2.05, 4.69) is 168 Å². The summed E-state index contributed by atoms with van der Waals surface area (Å²) in [7, 11) is 0. The number of rotatable bonds is 3. The summed E-state index contributed by atoms with van der Waals surface area (Å²) in [4.78, 5) is 10.4. The zero-order valence-corrected chi connectivity index (χ0v) is 26.4. The van der Waals surface area contributed by atoms with E-state index in [0.717, 1.165) is 39.2 Å². The molecule has 0 radical (unpaired) electrons. The van der Waals surface area contributed by atoms with Crippen LogP contribution >= 0.6 is 0 Å². The maximum absolute atomic E-state index is 5.28. The molecule has 0 N–H and O–H groups in total. The topological polar surface area (TPSA) is 30.7 Å². The fourth-order valence-electron chi connectivity index (χ4n) is 8.14. The third-order valence-corrected chi connectivity index (χ3v) is 10.3. The van der Waals surface area contributed by atoms with Gasteiger partial charge in [-0.15, -0.1) is 0 Å². The lowest BCUT2D eigenvalue weighted by Crippen LogP contribution is -1.99. The van der Waals surface area contributed by atoms with Crippen LogP contribution in [0.5, 0.6) is 0 Å². The first-order valence-electron chi connectivity index (χ1n) is 16.8. The van der Waals surface area contributed by atoms with Crippen LogP contribution in [0.15, 0.2) is 164 Å². The third-order valence-electron chi connectivity index (χ3n) is 10.3. The zero-order chi connectivity index (χ0) is 32.1. The molecule has 3 heteroatoms. The molecular formula is C46H27N3. The van der Waals surface area contributed by atoms with Crippen molar-refractivity contribution < 1.29 is 0 Å². The lowest BCUT2D eigenvalue weighted by molar-refractivity contribution is 1.18. The fraction of sp³-hybridized carbons (Fsp3) is 0. The average Bonchev–Trinajstić information content (AvgIpc) is 3.45. The van der Waals surface area contributed by atoms with Crippen molar-refractivity contribution in [2.75, 3.05) is 0 Å². The summed E-state index contributed by atoms with van der Waals surface area (Å²) < 4.78 is 2.43. The summed E-state index contributed by atoms with van der Waals surface area (Å²) in [6.45, 7) is 0. The number of hydrogen-bond donors (Lipinski definition) is 0. The van der Waals surface area contributed by atoms with Gasteiger partial charge in [-0.25, -0.2) is 9.97 Å². The van der Waals surface area contributed by atoms with E-state index in [1.165, 1.54) is 65.6 Å². The maximum atomic E-state index is 5.28. The molecule has 0 atom stereocenters. The zero-order valence-electron chi connectivity index (χ0n) is 26.4. The Kier molecular flexibility index (Phi) is 5.38. The van der Waals surface area contributed by atoms with Crippen LogP contribution in [0.25, 0.3) is 105 Å². The van der Waals surface area contributed by atoms with Gasteiger partial charge in [0, 0.05) is 33.0 Å². The molecule has 0 unspecified atom stereocenters. The highest BCUT2D eigenvalue weighted by Gasteiger charge is 2.25. The maximum Gasteiger partial charge on any atom is 0.160 e. The first-order valence-corrected chi connectivity index (χ1v) is 16.8. The predicted molar refractivity (Wildman–Crippen MR) is 204 cm³/mol. The lowest BCUT2D eigenvalue weighted by atomic mass is 9.93. The summed E-state index contributed by atoms with van der Waals surface area (Å²) in [5, 5.41) is 8.59. The molecule has 0 spiro atoms. The lowest BCUT2D eigenvalue weighted by Gasteiger charge is -2.15. The van der Waals surface area contributed by atoms with E-state index in [1.807, 2.05) is 0 Å². The van der Waals surface area contributed by atoms with Gasteiger partial charge in [0.1, 0.15) is 0 Å². The van der Waals surface area contributed by atoms with Gasteiger partial charge in [-0.2, -0.15) is 0 Å². The smallest absolute Gasteiger partial charge is 0.160 e. The molecule has 0 fully saturated rings. The van der Waals surface area contributed by atoms with Crippen molar-refractivity contribution in [3.63, 3.8) is 0 Å². The van der Waals surface area contributed by atoms with Gasteiger partial charge in [0.2, 0.25) is 0 Å². The van der Waals surface area contributed by atoms with E-state index >= 15 is 0 Å². The minimum Gasteiger partial charge on any atom is -0.309 e. The van der Waals surface area contributed by atoms with Crippen molar-refractivity contribution in [3.8, 4) is 50.6 Å². The first-order chi connectivity index (χ1) is 24.3. The monoisotopic (exact) mass is 621 g/mol. The molecule has 0 saturated carbocycles. The molecule has 11 rings (SSSR count). The summed E-state index contributed by atoms with van der Waals surface area (Å²) in [5.74, 6) is 0.728. The second kappa shape index (κ2) is 9.96. The Bertz CT molecular complexity index is 2990. The minimum absolute atomic E-state index is 0.728. The van der Waals surface area contributed by atoms with Crippen LogP contribution in [-0.2, 0) is 0 Å². The van der Waals surface area contributed by atoms with Crippen LogP contribution in [-0.4, -0.2) is 14.5 Å². The molecule has 49 heavy (non-hydrogen) atoms. The van der Waals surface area contributed by atoms with Crippen molar-refractivity contribution in [3.05, 3.63) is 164 Å². The van der Waals surface area contributed by atoms with Crippen LogP contribution in [0.1, 0.15) is 0 Å². The Morgan fingerprint density at radius 1 is 0.388 bits per heavy atom. The van der Waals surface area contributed by atoms with Crippen molar-refractivity contribution in [1.82, 2.24) is 14.5 Å². The molecule has 2 aromatic heterocycles. The molecule has 2 heterocycles. The molecular weight excluding hydrogens is 595 g/mol. The molecule has 10 aromatic rings. The van der Waals surface area contributed by atoms with Crippen LogP contribution in [0, 0.1) is 0 Å². The normalized spacial score (nSPS) is 12.1. The van der Waals surface area contributed by atoms with Crippen LogP contribution < -0.4 is 0 Å². The SMILES string of the molecule is c1ccc(-c2nc(-c3ccc4ccccc4c3)nc3ccc(-n4c5cccc6c5c5c7c(cccc7ccc54)-c4ccccc4-6)cc23)cc1. The summed E-state index contributed by atoms with van der Waals surface area (Å²) >= 11 is 0. The molecule has 8 aromatic carbocycles. The Morgan fingerprint density at radius 2 is 1.06 bits per heavy atom. The molecule has 0 aliphatic heterocycles. The highest BCUT2D eigenvalue weighted by atomic mass is 15.0. The Labute approximate surface area is 282 Å². The van der Waals surface area contributed by atoms with Gasteiger partial charge in [-0.1, -0.05) is 127 Å². The second-order valence-electron chi connectivity index (χ2n) is 13.0. The van der Waals surface area contributed by atoms with Gasteiger partial charge in [0.25, 0.3) is 0 Å². The minimum atomic E-state index is 0.728. The molecule has 1 aliphatic rings. The summed E-state index contributed by atoms with van der Waals surface area (Å²) in [5.41, 5.74) is 12.5. The quantitative estimate of drug-likeness (QED) is 0.196. The first kappa shape index (κ1) is 26.5. The van der Waals surface area contributed by atoms with Gasteiger partial charge < -0.3 is 4.57 Å². The Balaban J connectivity index is 1.21. The van der Waals surface area contributed by atoms with Crippen LogP contribution in [0.4, 0.5) is 0 Å². The van der Waals surface area contributed by atoms with E-state index in [9.17, 15) is 0 Å². The van der Waals surface area contributed by atoms with Crippen LogP contribution in [0.2, 0.25) is 0 Å². The Hall–Kier alpha value is -6.58. The van der Waals surface area contributed by atoms with Gasteiger partial charge in [-0.3, -0.25) is 0 Å². The van der Waals surface area contributed by atoms with Gasteiger partial charge in [-0.05, 0) is 80.2 Å². The molecule has 0 amide bonds. The number of nitrogens with zero attached hydrogens (tertiary/aromatic N) is 3. The molecule has 226 valence electrons. The van der Waals surface area contributed by atoms with Crippen molar-refractivity contribution in [2.45, 2.75) is 0 Å². The number of hydrogen-bond acceptors (Lipinski definition) is 2. The Morgan fingerprint density at radius 3 is 1.92 bits per heavy atom. The van der Waals surface area contributed by atoms with Crippen molar-refractivity contribution >= 4 is 54.3 Å². The number of benzene rings is 8. The molecule has 3 nitrogen and oxygen atoms in total. The number of fused-ring (bicyclic) bond motifs is 5. The summed E-state index contributed by atoms with van der Waals surface area (Å²) in [6.07, 6.45) is 0. The molecule has 0 bridgehead atoms. The van der Waals surface area contributed by atoms with Crippen molar-refractivity contribution in [1.29, 1.82) is 0 Å². The van der Waals surface area contributed by atoms with Crippen molar-refractivity contribution in [2.24, 2.45) is 0 Å². The average molecular weight is 622 g/mol. The van der Waals surface area contributed by atoms with E-state index in [1.54, 1.807) is 0 Å². The largest absolute Gasteiger partial charge is 0.309 e. The highest BCUT2D eigenvalue weighted by molar-refractivity contribution is 6.30. The second-order valence-corrected chi connectivity index (χ2v) is 13.0. The molecule has 1 aliphatic carbocycles. The van der Waals surface area contributed by atoms with E-state index < -0.39 is 0 Å². The summed E-state index contributed by atoms with van der Waals surface area (Å²) in [6, 6.07) is 58.9. The van der Waals surface area contributed by atoms with E-state index in [4.69, 9.17) is 9.97 Å². The highest BCUT2D eigenvalue weighted by Crippen LogP contribution is 2.49.